The second-order valence-corrected chi connectivity index (χ2v) is 10.7. The Kier molecular flexibility index (Phi) is 8.70. The number of imide groups is 1. The number of carbonyl (C=O) groups is 4. The van der Waals surface area contributed by atoms with Crippen LogP contribution in [0.3, 0.4) is 0 Å². The van der Waals surface area contributed by atoms with Gasteiger partial charge in [0, 0.05) is 19.0 Å². The van der Waals surface area contributed by atoms with Gasteiger partial charge in [0.1, 0.15) is 11.7 Å². The summed E-state index contributed by atoms with van der Waals surface area (Å²) >= 11 is 0. The van der Waals surface area contributed by atoms with Gasteiger partial charge in [-0.25, -0.2) is 0 Å². The van der Waals surface area contributed by atoms with Crippen molar-refractivity contribution in [1.82, 2.24) is 4.90 Å². The van der Waals surface area contributed by atoms with Crippen molar-refractivity contribution in [2.45, 2.75) is 90.4 Å². The molecular weight excluding hydrogens is 448 g/mol. The van der Waals surface area contributed by atoms with Gasteiger partial charge in [-0.05, 0) is 70.9 Å². The van der Waals surface area contributed by atoms with Crippen LogP contribution in [0.15, 0.2) is 24.3 Å². The lowest BCUT2D eigenvalue weighted by molar-refractivity contribution is -0.161. The van der Waals surface area contributed by atoms with Crippen LogP contribution in [0.1, 0.15) is 93.4 Å². The number of fused-ring (bicyclic) bond motifs is 1. The molecule has 192 valence electrons. The number of hydrogen-bond donors (Lipinski definition) is 1. The topological polar surface area (TPSA) is 116 Å². The number of rotatable bonds is 9. The van der Waals surface area contributed by atoms with E-state index in [9.17, 15) is 19.2 Å². The SMILES string of the molecule is CC(CCC(=O)OC1CCCCC1)C(N)[C@@H](CN1C(=O)c2ccccc2C1=O)C(=O)OC(C)(C)C. The molecule has 3 atom stereocenters. The minimum atomic E-state index is -0.930. The molecule has 0 bridgehead atoms. The highest BCUT2D eigenvalue weighted by Gasteiger charge is 2.41. The smallest absolute Gasteiger partial charge is 0.312 e. The summed E-state index contributed by atoms with van der Waals surface area (Å²) in [6.07, 6.45) is 5.75. The van der Waals surface area contributed by atoms with Crippen molar-refractivity contribution in [3.05, 3.63) is 35.4 Å². The van der Waals surface area contributed by atoms with E-state index >= 15 is 0 Å². The average molecular weight is 487 g/mol. The molecule has 0 radical (unpaired) electrons. The Morgan fingerprint density at radius 1 is 1.06 bits per heavy atom. The Morgan fingerprint density at radius 2 is 1.63 bits per heavy atom. The van der Waals surface area contributed by atoms with Gasteiger partial charge in [0.15, 0.2) is 0 Å². The van der Waals surface area contributed by atoms with Crippen molar-refractivity contribution in [1.29, 1.82) is 0 Å². The Hall–Kier alpha value is -2.74. The molecule has 2 unspecified atom stereocenters. The van der Waals surface area contributed by atoms with Crippen molar-refractivity contribution in [3.63, 3.8) is 0 Å². The molecule has 1 fully saturated rings. The van der Waals surface area contributed by atoms with Gasteiger partial charge in [0.05, 0.1) is 17.0 Å². The van der Waals surface area contributed by atoms with E-state index in [0.717, 1.165) is 30.6 Å². The quantitative estimate of drug-likeness (QED) is 0.416. The van der Waals surface area contributed by atoms with Gasteiger partial charge in [-0.3, -0.25) is 24.1 Å². The first-order valence-electron chi connectivity index (χ1n) is 12.6. The zero-order chi connectivity index (χ0) is 25.8. The van der Waals surface area contributed by atoms with Crippen molar-refractivity contribution in [3.8, 4) is 0 Å². The van der Waals surface area contributed by atoms with Crippen molar-refractivity contribution in [2.75, 3.05) is 6.54 Å². The third-order valence-corrected chi connectivity index (χ3v) is 6.74. The molecule has 0 aromatic heterocycles. The Balaban J connectivity index is 1.67. The molecule has 1 aliphatic heterocycles. The van der Waals surface area contributed by atoms with Crippen LogP contribution < -0.4 is 5.73 Å². The Labute approximate surface area is 207 Å². The lowest BCUT2D eigenvalue weighted by Crippen LogP contribution is -2.49. The highest BCUT2D eigenvalue weighted by molar-refractivity contribution is 6.21. The predicted octanol–water partition coefficient (Wildman–Crippen LogP) is 3.86. The van der Waals surface area contributed by atoms with Crippen LogP contribution in [0.4, 0.5) is 0 Å². The molecule has 1 heterocycles. The molecule has 1 aromatic rings. The number of amides is 2. The van der Waals surface area contributed by atoms with Crippen molar-refractivity contribution < 1.29 is 28.7 Å². The van der Waals surface area contributed by atoms with Gasteiger partial charge < -0.3 is 15.2 Å². The van der Waals surface area contributed by atoms with Gasteiger partial charge >= 0.3 is 11.9 Å². The summed E-state index contributed by atoms with van der Waals surface area (Å²) in [6, 6.07) is 5.85. The van der Waals surface area contributed by atoms with E-state index in [0.29, 0.717) is 17.5 Å². The standard InChI is InChI=1S/C27H38N2O6/c1-17(14-15-22(30)34-18-10-6-5-7-11-18)23(28)21(26(33)35-27(2,3)4)16-29-24(31)19-12-8-9-13-20(19)25(29)32/h8-9,12-13,17-18,21,23H,5-7,10-11,14-16,28H2,1-4H3/t17?,21-,23?/m1/s1. The van der Waals surface area contributed by atoms with E-state index in [1.165, 1.54) is 6.42 Å². The zero-order valence-corrected chi connectivity index (χ0v) is 21.2. The summed E-state index contributed by atoms with van der Waals surface area (Å²) in [6.45, 7) is 6.93. The Bertz CT molecular complexity index is 912. The maximum Gasteiger partial charge on any atom is 0.312 e. The highest BCUT2D eigenvalue weighted by Crippen LogP contribution is 2.28. The van der Waals surface area contributed by atoms with Gasteiger partial charge in [-0.1, -0.05) is 25.5 Å². The third kappa shape index (κ3) is 6.90. The summed E-state index contributed by atoms with van der Waals surface area (Å²) in [5.41, 5.74) is 6.39. The fraction of sp³-hybridized carbons (Fsp3) is 0.630. The monoisotopic (exact) mass is 486 g/mol. The van der Waals surface area contributed by atoms with E-state index in [2.05, 4.69) is 0 Å². The van der Waals surface area contributed by atoms with Crippen molar-refractivity contribution >= 4 is 23.8 Å². The first-order chi connectivity index (χ1) is 16.5. The normalized spacial score (nSPS) is 19.2. The van der Waals surface area contributed by atoms with E-state index in [4.69, 9.17) is 15.2 Å². The average Bonchev–Trinajstić information content (AvgIpc) is 3.04. The van der Waals surface area contributed by atoms with E-state index < -0.39 is 35.3 Å². The molecule has 35 heavy (non-hydrogen) atoms. The van der Waals surface area contributed by atoms with Crippen LogP contribution in [0.2, 0.25) is 0 Å². The number of nitrogens with zero attached hydrogens (tertiary/aromatic N) is 1. The van der Waals surface area contributed by atoms with Gasteiger partial charge in [-0.2, -0.15) is 0 Å². The van der Waals surface area contributed by atoms with E-state index in [1.54, 1.807) is 45.0 Å². The molecule has 1 saturated carbocycles. The molecule has 1 aromatic carbocycles. The molecule has 8 heteroatoms. The summed E-state index contributed by atoms with van der Waals surface area (Å²) < 4.78 is 11.2. The lowest BCUT2D eigenvalue weighted by atomic mass is 9.86. The summed E-state index contributed by atoms with van der Waals surface area (Å²) in [4.78, 5) is 52.4. The zero-order valence-electron chi connectivity index (χ0n) is 21.2. The van der Waals surface area contributed by atoms with Gasteiger partial charge in [-0.15, -0.1) is 0 Å². The second-order valence-electron chi connectivity index (χ2n) is 10.7. The fourth-order valence-corrected chi connectivity index (χ4v) is 4.69. The molecule has 8 nitrogen and oxygen atoms in total. The second kappa shape index (κ2) is 11.3. The maximum atomic E-state index is 13.1. The first-order valence-corrected chi connectivity index (χ1v) is 12.6. The number of carbonyl (C=O) groups excluding carboxylic acids is 4. The highest BCUT2D eigenvalue weighted by atomic mass is 16.6. The third-order valence-electron chi connectivity index (χ3n) is 6.74. The molecule has 0 saturated heterocycles. The van der Waals surface area contributed by atoms with Crippen molar-refractivity contribution in [2.24, 2.45) is 17.6 Å². The molecule has 2 amide bonds. The number of ether oxygens (including phenoxy) is 2. The Morgan fingerprint density at radius 3 is 2.17 bits per heavy atom. The summed E-state index contributed by atoms with van der Waals surface area (Å²) in [5.74, 6) is -2.91. The number of nitrogens with two attached hydrogens (primary N) is 1. The summed E-state index contributed by atoms with van der Waals surface area (Å²) in [5, 5.41) is 0. The molecular formula is C27H38N2O6. The van der Waals surface area contributed by atoms with Crippen LogP contribution in [-0.4, -0.2) is 52.9 Å². The number of esters is 2. The van der Waals surface area contributed by atoms with Crippen LogP contribution in [-0.2, 0) is 19.1 Å². The van der Waals surface area contributed by atoms with E-state index in [1.807, 2.05) is 6.92 Å². The summed E-state index contributed by atoms with van der Waals surface area (Å²) in [7, 11) is 0. The fourth-order valence-electron chi connectivity index (χ4n) is 4.69. The number of hydrogen-bond acceptors (Lipinski definition) is 7. The largest absolute Gasteiger partial charge is 0.462 e. The minimum Gasteiger partial charge on any atom is -0.462 e. The predicted molar refractivity (Wildman–Crippen MR) is 130 cm³/mol. The lowest BCUT2D eigenvalue weighted by Gasteiger charge is -2.32. The maximum absolute atomic E-state index is 13.1. The molecule has 2 aliphatic rings. The number of benzene rings is 1. The van der Waals surface area contributed by atoms with E-state index in [-0.39, 0.29) is 31.0 Å². The van der Waals surface area contributed by atoms with Gasteiger partial charge in [0.2, 0.25) is 0 Å². The van der Waals surface area contributed by atoms with Crippen LogP contribution >= 0.6 is 0 Å². The van der Waals surface area contributed by atoms with Crippen LogP contribution in [0.25, 0.3) is 0 Å². The van der Waals surface area contributed by atoms with Crippen LogP contribution in [0.5, 0.6) is 0 Å². The van der Waals surface area contributed by atoms with Gasteiger partial charge in [0.25, 0.3) is 11.8 Å². The molecule has 3 rings (SSSR count). The molecule has 1 aliphatic carbocycles. The molecule has 0 spiro atoms. The first kappa shape index (κ1) is 26.9. The van der Waals surface area contributed by atoms with Crippen LogP contribution in [0, 0.1) is 11.8 Å². The minimum absolute atomic E-state index is 0.0106. The molecule has 2 N–H and O–H groups in total.